The zero-order valence-electron chi connectivity index (χ0n) is 14.9. The average Bonchev–Trinajstić information content (AvgIpc) is 2.68. The fourth-order valence-electron chi connectivity index (χ4n) is 2.54. The van der Waals surface area contributed by atoms with Gasteiger partial charge in [0.15, 0.2) is 11.5 Å². The van der Waals surface area contributed by atoms with E-state index in [1.165, 1.54) is 12.1 Å². The summed E-state index contributed by atoms with van der Waals surface area (Å²) in [7, 11) is 1.56. The van der Waals surface area contributed by atoms with Gasteiger partial charge in [-0.25, -0.2) is 4.39 Å². The molecule has 0 aliphatic carbocycles. The molecule has 0 unspecified atom stereocenters. The molecule has 0 atom stereocenters. The van der Waals surface area contributed by atoms with Crippen molar-refractivity contribution in [1.82, 2.24) is 0 Å². The van der Waals surface area contributed by atoms with Crippen molar-refractivity contribution in [3.05, 3.63) is 86.1 Å². The van der Waals surface area contributed by atoms with E-state index in [2.05, 4.69) is 21.2 Å². The smallest absolute Gasteiger partial charge is 0.163 e. The van der Waals surface area contributed by atoms with Crippen molar-refractivity contribution in [2.75, 3.05) is 12.4 Å². The van der Waals surface area contributed by atoms with Crippen LogP contribution in [-0.2, 0) is 13.2 Å². The fourth-order valence-corrected chi connectivity index (χ4v) is 3.25. The van der Waals surface area contributed by atoms with Crippen LogP contribution in [0.25, 0.3) is 0 Å². The van der Waals surface area contributed by atoms with Crippen LogP contribution in [0.2, 0.25) is 10.0 Å². The second-order valence-corrected chi connectivity index (χ2v) is 7.71. The first-order chi connectivity index (χ1) is 13.5. The molecule has 0 radical (unpaired) electrons. The monoisotopic (exact) mass is 483 g/mol. The maximum absolute atomic E-state index is 13.2. The van der Waals surface area contributed by atoms with E-state index in [9.17, 15) is 4.39 Å². The number of rotatable bonds is 7. The number of hydrogen-bond acceptors (Lipinski definition) is 3. The number of ether oxygens (including phenoxy) is 2. The standard InChI is InChI=1S/C21H17BrCl2FNO2/c1-27-20-8-14(11-26-17-6-3-15(22)4-7-17)19(24)10-21(20)28-12-13-2-5-16(25)9-18(13)23/h2-10,26H,11-12H2,1H3. The van der Waals surface area contributed by atoms with Crippen LogP contribution in [0.3, 0.4) is 0 Å². The molecule has 146 valence electrons. The van der Waals surface area contributed by atoms with Crippen LogP contribution in [0.5, 0.6) is 11.5 Å². The predicted molar refractivity (Wildman–Crippen MR) is 115 cm³/mol. The van der Waals surface area contributed by atoms with Gasteiger partial charge in [0.25, 0.3) is 0 Å². The van der Waals surface area contributed by atoms with Gasteiger partial charge in [0.2, 0.25) is 0 Å². The van der Waals surface area contributed by atoms with E-state index in [1.54, 1.807) is 19.2 Å². The quantitative estimate of drug-likeness (QED) is 0.388. The Bertz CT molecular complexity index is 967. The summed E-state index contributed by atoms with van der Waals surface area (Å²) < 4.78 is 25.4. The first-order valence-electron chi connectivity index (χ1n) is 8.39. The molecule has 3 nitrogen and oxygen atoms in total. The van der Waals surface area contributed by atoms with Crippen LogP contribution in [0.1, 0.15) is 11.1 Å². The number of anilines is 1. The SMILES string of the molecule is COc1cc(CNc2ccc(Br)cc2)c(Cl)cc1OCc1ccc(F)cc1Cl. The number of nitrogens with one attached hydrogen (secondary N) is 1. The molecule has 0 saturated heterocycles. The first kappa shape index (κ1) is 20.8. The summed E-state index contributed by atoms with van der Waals surface area (Å²) in [6.07, 6.45) is 0. The molecule has 7 heteroatoms. The van der Waals surface area contributed by atoms with Crippen LogP contribution < -0.4 is 14.8 Å². The Balaban J connectivity index is 1.72. The minimum atomic E-state index is -0.392. The van der Waals surface area contributed by atoms with Gasteiger partial charge in [-0.3, -0.25) is 0 Å². The van der Waals surface area contributed by atoms with Crippen LogP contribution >= 0.6 is 39.1 Å². The minimum Gasteiger partial charge on any atom is -0.493 e. The molecule has 3 aromatic rings. The highest BCUT2D eigenvalue weighted by atomic mass is 79.9. The van der Waals surface area contributed by atoms with Gasteiger partial charge in [0.05, 0.1) is 12.1 Å². The van der Waals surface area contributed by atoms with E-state index in [0.717, 1.165) is 15.7 Å². The predicted octanol–water partition coefficient (Wildman–Crippen LogP) is 7.09. The van der Waals surface area contributed by atoms with Gasteiger partial charge in [-0.2, -0.15) is 0 Å². The summed E-state index contributed by atoms with van der Waals surface area (Å²) in [6, 6.07) is 15.6. The zero-order valence-corrected chi connectivity index (χ0v) is 18.0. The lowest BCUT2D eigenvalue weighted by Crippen LogP contribution is -2.03. The molecule has 0 saturated carbocycles. The summed E-state index contributed by atoms with van der Waals surface area (Å²) in [4.78, 5) is 0. The lowest BCUT2D eigenvalue weighted by molar-refractivity contribution is 0.284. The van der Waals surface area contributed by atoms with Gasteiger partial charge in [-0.1, -0.05) is 45.2 Å². The Morgan fingerprint density at radius 1 is 0.929 bits per heavy atom. The normalized spacial score (nSPS) is 10.6. The number of benzene rings is 3. The Kier molecular flexibility index (Phi) is 7.05. The largest absolute Gasteiger partial charge is 0.493 e. The van der Waals surface area contributed by atoms with Gasteiger partial charge in [-0.05, 0) is 48.0 Å². The van der Waals surface area contributed by atoms with Crippen LogP contribution in [-0.4, -0.2) is 7.11 Å². The first-order valence-corrected chi connectivity index (χ1v) is 9.93. The molecule has 3 rings (SSSR count). The van der Waals surface area contributed by atoms with Crippen molar-refractivity contribution in [3.8, 4) is 11.5 Å². The van der Waals surface area contributed by atoms with E-state index in [1.807, 2.05) is 30.3 Å². The third-order valence-electron chi connectivity index (χ3n) is 4.06. The maximum Gasteiger partial charge on any atom is 0.163 e. The van der Waals surface area contributed by atoms with Crippen LogP contribution in [0.15, 0.2) is 59.1 Å². The van der Waals surface area contributed by atoms with Gasteiger partial charge >= 0.3 is 0 Å². The van der Waals surface area contributed by atoms with Gasteiger partial charge in [-0.15, -0.1) is 0 Å². The Morgan fingerprint density at radius 3 is 2.32 bits per heavy atom. The molecule has 0 fully saturated rings. The molecule has 0 amide bonds. The van der Waals surface area contributed by atoms with Gasteiger partial charge in [0.1, 0.15) is 12.4 Å². The molecule has 0 aliphatic rings. The van der Waals surface area contributed by atoms with E-state index in [-0.39, 0.29) is 6.61 Å². The Labute approximate surface area is 181 Å². The molecule has 28 heavy (non-hydrogen) atoms. The molecule has 3 aromatic carbocycles. The van der Waals surface area contributed by atoms with Crippen molar-refractivity contribution in [3.63, 3.8) is 0 Å². The lowest BCUT2D eigenvalue weighted by atomic mass is 10.2. The third-order valence-corrected chi connectivity index (χ3v) is 5.29. The second-order valence-electron chi connectivity index (χ2n) is 5.98. The summed E-state index contributed by atoms with van der Waals surface area (Å²) >= 11 is 15.9. The molecule has 0 aromatic heterocycles. The molecule has 1 N–H and O–H groups in total. The van der Waals surface area contributed by atoms with E-state index >= 15 is 0 Å². The molecular weight excluding hydrogens is 468 g/mol. The van der Waals surface area contributed by atoms with Crippen molar-refractivity contribution in [2.45, 2.75) is 13.2 Å². The van der Waals surface area contributed by atoms with E-state index in [4.69, 9.17) is 32.7 Å². The maximum atomic E-state index is 13.2. The summed E-state index contributed by atoms with van der Waals surface area (Å²) in [5.41, 5.74) is 2.51. The highest BCUT2D eigenvalue weighted by Gasteiger charge is 2.12. The lowest BCUT2D eigenvalue weighted by Gasteiger charge is -2.15. The van der Waals surface area contributed by atoms with Crippen molar-refractivity contribution in [1.29, 1.82) is 0 Å². The van der Waals surface area contributed by atoms with Crippen LogP contribution in [0.4, 0.5) is 10.1 Å². The average molecular weight is 485 g/mol. The third kappa shape index (κ3) is 5.31. The van der Waals surface area contributed by atoms with Crippen molar-refractivity contribution >= 4 is 44.8 Å². The topological polar surface area (TPSA) is 30.5 Å². The zero-order chi connectivity index (χ0) is 20.1. The highest BCUT2D eigenvalue weighted by Crippen LogP contribution is 2.34. The fraction of sp³-hybridized carbons (Fsp3) is 0.143. The van der Waals surface area contributed by atoms with E-state index < -0.39 is 5.82 Å². The molecule has 0 bridgehead atoms. The van der Waals surface area contributed by atoms with Gasteiger partial charge in [0, 0.05) is 33.4 Å². The molecular formula is C21H17BrCl2FNO2. The summed E-state index contributed by atoms with van der Waals surface area (Å²) in [5.74, 6) is 0.646. The summed E-state index contributed by atoms with van der Waals surface area (Å²) in [6.45, 7) is 0.698. The van der Waals surface area contributed by atoms with Gasteiger partial charge < -0.3 is 14.8 Å². The Hall–Kier alpha value is -1.95. The number of halogens is 4. The molecule has 0 heterocycles. The van der Waals surface area contributed by atoms with E-state index in [0.29, 0.717) is 33.7 Å². The highest BCUT2D eigenvalue weighted by molar-refractivity contribution is 9.10. The van der Waals surface area contributed by atoms with Crippen LogP contribution in [0, 0.1) is 5.82 Å². The molecule has 0 spiro atoms. The number of methoxy groups -OCH3 is 1. The number of hydrogen-bond donors (Lipinski definition) is 1. The minimum absolute atomic E-state index is 0.169. The Morgan fingerprint density at radius 2 is 1.64 bits per heavy atom. The summed E-state index contributed by atoms with van der Waals surface area (Å²) in [5, 5.41) is 4.17. The second kappa shape index (κ2) is 9.50. The molecule has 0 aliphatic heterocycles. The van der Waals surface area contributed by atoms with Crippen molar-refractivity contribution in [2.24, 2.45) is 0 Å². The van der Waals surface area contributed by atoms with Crippen molar-refractivity contribution < 1.29 is 13.9 Å².